The molecule has 1 unspecified atom stereocenters. The van der Waals surface area contributed by atoms with E-state index in [1.165, 1.54) is 102 Å². The number of nitrogens with zero attached hydrogens (tertiary/aromatic N) is 2. The molecule has 2 nitrogen and oxygen atoms in total. The van der Waals surface area contributed by atoms with E-state index in [0.717, 1.165) is 27.8 Å². The van der Waals surface area contributed by atoms with Gasteiger partial charge in [-0.3, -0.25) is 0 Å². The monoisotopic (exact) mass is 872 g/mol. The number of aryl methyl sites for hydroxylation is 4. The first-order valence-electron chi connectivity index (χ1n) is 22.6. The average molecular weight is 873 g/mol. The van der Waals surface area contributed by atoms with Crippen molar-refractivity contribution < 1.29 is 0 Å². The Morgan fingerprint density at radius 3 is 2.11 bits per heavy atom. The van der Waals surface area contributed by atoms with Crippen LogP contribution in [0.25, 0.3) is 52.5 Å². The van der Waals surface area contributed by atoms with E-state index in [4.69, 9.17) is 0 Å². The summed E-state index contributed by atoms with van der Waals surface area (Å²) < 4.78 is 2.56. The van der Waals surface area contributed by atoms with Gasteiger partial charge >= 0.3 is 0 Å². The van der Waals surface area contributed by atoms with E-state index in [2.05, 4.69) is 228 Å². The molecule has 65 heavy (non-hydrogen) atoms. The standard InChI is InChI=1S/C61H48N2S2/c1-36-23-25-38(3)51(31-36)62(49-19-11-8-17-45-43-15-9-12-21-55(43)64-59(45)49)53-35-54(48-30-28-41-34-42(61(5,6)7)33-40-27-29-47(53)58(48)57(40)41)63(52-32-37(2)24-26-39(52)4)50-20-14-18-46-44-16-10-13-22-56(44)65-60(46)50/h8-26,28,30-35,45H,1-7H3. The van der Waals surface area contributed by atoms with Crippen molar-refractivity contribution in [1.82, 2.24) is 0 Å². The third-order valence-electron chi connectivity index (χ3n) is 13.6. The van der Waals surface area contributed by atoms with Gasteiger partial charge in [0.25, 0.3) is 0 Å². The van der Waals surface area contributed by atoms with Crippen LogP contribution in [0, 0.1) is 39.8 Å². The van der Waals surface area contributed by atoms with E-state index in [0.29, 0.717) is 0 Å². The molecule has 0 radical (unpaired) electrons. The minimum atomic E-state index is -0.0304. The number of hydrogen-bond donors (Lipinski definition) is 0. The molecule has 1 atom stereocenters. The summed E-state index contributed by atoms with van der Waals surface area (Å²) in [5, 5.41) is 9.57. The van der Waals surface area contributed by atoms with Gasteiger partial charge in [0.15, 0.2) is 0 Å². The maximum Gasteiger partial charge on any atom is 0.0646 e. The molecule has 10 aromatic rings. The zero-order valence-corrected chi connectivity index (χ0v) is 39.4. The number of hydrogen-bond acceptors (Lipinski definition) is 4. The maximum absolute atomic E-state index is 3.89. The van der Waals surface area contributed by atoms with Gasteiger partial charge in [0.05, 0.1) is 32.8 Å². The molecule has 0 saturated heterocycles. The summed E-state index contributed by atoms with van der Waals surface area (Å²) in [6.07, 6.45) is 9.17. The minimum Gasteiger partial charge on any atom is -0.308 e. The van der Waals surface area contributed by atoms with Gasteiger partial charge in [-0.25, -0.2) is 0 Å². The van der Waals surface area contributed by atoms with Gasteiger partial charge in [0.1, 0.15) is 0 Å². The zero-order chi connectivity index (χ0) is 44.3. The molecule has 1 aliphatic heterocycles. The van der Waals surface area contributed by atoms with Crippen molar-refractivity contribution in [3.8, 4) is 0 Å². The van der Waals surface area contributed by atoms with E-state index in [1.54, 1.807) is 0 Å². The van der Waals surface area contributed by atoms with Crippen molar-refractivity contribution in [3.63, 3.8) is 0 Å². The van der Waals surface area contributed by atoms with E-state index in [-0.39, 0.29) is 11.3 Å². The van der Waals surface area contributed by atoms with Gasteiger partial charge in [-0.05, 0) is 120 Å². The van der Waals surface area contributed by atoms with Gasteiger partial charge in [-0.15, -0.1) is 11.3 Å². The molecule has 1 aliphatic carbocycles. The Bertz CT molecular complexity index is 3670. The minimum absolute atomic E-state index is 0.0304. The Kier molecular flexibility index (Phi) is 9.12. The Balaban J connectivity index is 1.26. The largest absolute Gasteiger partial charge is 0.308 e. The quantitative estimate of drug-likeness (QED) is 0.154. The summed E-state index contributed by atoms with van der Waals surface area (Å²) in [5.41, 5.74) is 14.4. The first-order valence-corrected chi connectivity index (χ1v) is 24.3. The van der Waals surface area contributed by atoms with Crippen molar-refractivity contribution in [2.45, 2.75) is 64.7 Å². The molecule has 0 bridgehead atoms. The van der Waals surface area contributed by atoms with Gasteiger partial charge in [-0.1, -0.05) is 154 Å². The second-order valence-electron chi connectivity index (χ2n) is 19.0. The van der Waals surface area contributed by atoms with Gasteiger partial charge in [0.2, 0.25) is 0 Å². The molecule has 9 aromatic carbocycles. The van der Waals surface area contributed by atoms with Crippen LogP contribution in [0.1, 0.15) is 60.1 Å². The van der Waals surface area contributed by atoms with Gasteiger partial charge in [0, 0.05) is 64.1 Å². The highest BCUT2D eigenvalue weighted by atomic mass is 32.2. The number of allylic oxidation sites excluding steroid dienone is 5. The molecule has 314 valence electrons. The number of rotatable bonds is 6. The van der Waals surface area contributed by atoms with Crippen molar-refractivity contribution in [2.24, 2.45) is 0 Å². The number of thioether (sulfide) groups is 1. The highest BCUT2D eigenvalue weighted by molar-refractivity contribution is 8.03. The van der Waals surface area contributed by atoms with Crippen LogP contribution in [0.5, 0.6) is 0 Å². The lowest BCUT2D eigenvalue weighted by molar-refractivity contribution is 0.591. The van der Waals surface area contributed by atoms with Crippen LogP contribution in [0.3, 0.4) is 0 Å². The Morgan fingerprint density at radius 1 is 0.569 bits per heavy atom. The summed E-state index contributed by atoms with van der Waals surface area (Å²) in [5.74, 6) is 0.136. The molecule has 0 amide bonds. The number of fused-ring (bicyclic) bond motifs is 6. The van der Waals surface area contributed by atoms with Crippen molar-refractivity contribution in [3.05, 3.63) is 214 Å². The third-order valence-corrected chi connectivity index (χ3v) is 16.1. The van der Waals surface area contributed by atoms with Crippen LogP contribution in [-0.2, 0) is 5.41 Å². The molecule has 12 rings (SSSR count). The first-order chi connectivity index (χ1) is 31.5. The molecular formula is C61H48N2S2. The Labute approximate surface area is 390 Å². The highest BCUT2D eigenvalue weighted by Gasteiger charge is 2.34. The number of anilines is 5. The van der Waals surface area contributed by atoms with Crippen molar-refractivity contribution in [2.75, 3.05) is 9.80 Å². The predicted molar refractivity (Wildman–Crippen MR) is 282 cm³/mol. The fourth-order valence-corrected chi connectivity index (χ4v) is 12.7. The summed E-state index contributed by atoms with van der Waals surface area (Å²) in [7, 11) is 0. The lowest BCUT2D eigenvalue weighted by Gasteiger charge is -2.34. The fourth-order valence-electron chi connectivity index (χ4n) is 10.2. The van der Waals surface area contributed by atoms with Crippen LogP contribution in [0.2, 0.25) is 0 Å². The second kappa shape index (κ2) is 14.9. The maximum atomic E-state index is 3.89. The fraction of sp³-hybridized carbons (Fsp3) is 0.148. The Morgan fingerprint density at radius 2 is 1.31 bits per heavy atom. The lowest BCUT2D eigenvalue weighted by atomic mass is 9.83. The van der Waals surface area contributed by atoms with E-state index in [1.807, 2.05) is 23.1 Å². The third kappa shape index (κ3) is 6.32. The van der Waals surface area contributed by atoms with E-state index < -0.39 is 0 Å². The number of benzene rings is 8. The van der Waals surface area contributed by atoms with Gasteiger partial charge < -0.3 is 9.80 Å². The van der Waals surface area contributed by atoms with E-state index in [9.17, 15) is 0 Å². The topological polar surface area (TPSA) is 6.48 Å². The molecule has 0 fully saturated rings. The summed E-state index contributed by atoms with van der Waals surface area (Å²) in [4.78, 5) is 7.78. The van der Waals surface area contributed by atoms with Crippen LogP contribution in [0.15, 0.2) is 173 Å². The molecule has 2 aliphatic rings. The lowest BCUT2D eigenvalue weighted by Crippen LogP contribution is -2.20. The normalized spacial score (nSPS) is 14.8. The van der Waals surface area contributed by atoms with Crippen molar-refractivity contribution >= 4 is 104 Å². The molecule has 0 spiro atoms. The Hall–Kier alpha value is -6.77. The zero-order valence-electron chi connectivity index (χ0n) is 37.8. The van der Waals surface area contributed by atoms with Gasteiger partial charge in [-0.2, -0.15) is 0 Å². The van der Waals surface area contributed by atoms with Crippen LogP contribution in [0.4, 0.5) is 28.4 Å². The first kappa shape index (κ1) is 39.8. The number of thiophene rings is 1. The molecule has 0 saturated carbocycles. The molecule has 2 heterocycles. The van der Waals surface area contributed by atoms with Crippen molar-refractivity contribution in [1.29, 1.82) is 0 Å². The smallest absolute Gasteiger partial charge is 0.0646 e. The second-order valence-corrected chi connectivity index (χ2v) is 21.1. The molecule has 0 N–H and O–H groups in total. The summed E-state index contributed by atoms with van der Waals surface area (Å²) in [6.45, 7) is 15.8. The SMILES string of the molecule is Cc1ccc(C)c(N(C2=C3Sc4ccccc4C3C=CC=C2)c2cc(N(c3cc(C)ccc3C)c3cccc4c3sc3ccccc34)c3ccc4cc(C(C)(C)C)cc5c#cc2c3c54)c1. The highest BCUT2D eigenvalue weighted by Crippen LogP contribution is 2.56. The van der Waals surface area contributed by atoms with Crippen LogP contribution in [-0.4, -0.2) is 0 Å². The van der Waals surface area contributed by atoms with Crippen LogP contribution < -0.4 is 9.80 Å². The predicted octanol–water partition coefficient (Wildman–Crippen LogP) is 17.9. The molecule has 4 heteroatoms. The molecule has 1 aromatic heterocycles. The summed E-state index contributed by atoms with van der Waals surface area (Å²) in [6, 6.07) is 58.1. The summed E-state index contributed by atoms with van der Waals surface area (Å²) >= 11 is 3.79. The molecular weight excluding hydrogens is 825 g/mol. The van der Waals surface area contributed by atoms with E-state index >= 15 is 0 Å². The van der Waals surface area contributed by atoms with Crippen LogP contribution >= 0.6 is 23.1 Å². The average Bonchev–Trinajstić information content (AvgIpc) is 3.80.